The van der Waals surface area contributed by atoms with E-state index in [1.807, 2.05) is 37.3 Å². The molecule has 0 saturated heterocycles. The van der Waals surface area contributed by atoms with Crippen molar-refractivity contribution in [3.05, 3.63) is 30.3 Å². The molecular weight excluding hydrogens is 214 g/mol. The van der Waals surface area contributed by atoms with E-state index in [0.717, 1.165) is 12.2 Å². The molecule has 2 unspecified atom stereocenters. The molecule has 2 N–H and O–H groups in total. The molecule has 0 aliphatic rings. The summed E-state index contributed by atoms with van der Waals surface area (Å²) >= 11 is 0. The van der Waals surface area contributed by atoms with Crippen LogP contribution >= 0.6 is 0 Å². The van der Waals surface area contributed by atoms with Crippen molar-refractivity contribution in [3.8, 4) is 18.1 Å². The summed E-state index contributed by atoms with van der Waals surface area (Å²) in [4.78, 5) is 0. The van der Waals surface area contributed by atoms with E-state index in [1.54, 1.807) is 0 Å². The molecule has 0 aromatic heterocycles. The number of aliphatic hydroxyl groups is 1. The van der Waals surface area contributed by atoms with Crippen molar-refractivity contribution < 1.29 is 9.84 Å². The summed E-state index contributed by atoms with van der Waals surface area (Å²) < 4.78 is 5.43. The molecule has 92 valence electrons. The van der Waals surface area contributed by atoms with Crippen molar-refractivity contribution in [3.63, 3.8) is 0 Å². The molecule has 0 radical (unpaired) electrons. The lowest BCUT2D eigenvalue weighted by atomic mass is 10.2. The number of benzene rings is 1. The van der Waals surface area contributed by atoms with Crippen LogP contribution < -0.4 is 10.1 Å². The molecule has 17 heavy (non-hydrogen) atoms. The highest BCUT2D eigenvalue weighted by Gasteiger charge is 2.07. The van der Waals surface area contributed by atoms with Crippen LogP contribution in [0.5, 0.6) is 5.75 Å². The van der Waals surface area contributed by atoms with E-state index in [2.05, 4.69) is 11.2 Å². The summed E-state index contributed by atoms with van der Waals surface area (Å²) in [6.45, 7) is 2.71. The largest absolute Gasteiger partial charge is 0.491 e. The molecule has 0 amide bonds. The Hall–Kier alpha value is -1.50. The third-order valence-corrected chi connectivity index (χ3v) is 2.39. The zero-order chi connectivity index (χ0) is 12.5. The van der Waals surface area contributed by atoms with Gasteiger partial charge in [0.2, 0.25) is 0 Å². The van der Waals surface area contributed by atoms with Gasteiger partial charge in [0, 0.05) is 6.54 Å². The average molecular weight is 233 g/mol. The van der Waals surface area contributed by atoms with Crippen LogP contribution in [0.1, 0.15) is 13.3 Å². The van der Waals surface area contributed by atoms with Gasteiger partial charge in [-0.15, -0.1) is 6.42 Å². The lowest BCUT2D eigenvalue weighted by molar-refractivity contribution is 0.105. The SMILES string of the molecule is C#CC(CC)NCC(O)COc1ccccc1. The zero-order valence-electron chi connectivity index (χ0n) is 10.1. The van der Waals surface area contributed by atoms with Gasteiger partial charge in [-0.1, -0.05) is 31.0 Å². The summed E-state index contributed by atoms with van der Waals surface area (Å²) in [5.74, 6) is 3.38. The van der Waals surface area contributed by atoms with Crippen molar-refractivity contribution in [1.29, 1.82) is 0 Å². The number of ether oxygens (including phenoxy) is 1. The smallest absolute Gasteiger partial charge is 0.119 e. The second-order valence-electron chi connectivity index (χ2n) is 3.81. The minimum Gasteiger partial charge on any atom is -0.491 e. The van der Waals surface area contributed by atoms with Crippen LogP contribution in [0.4, 0.5) is 0 Å². The first-order valence-corrected chi connectivity index (χ1v) is 5.81. The Bertz CT molecular complexity index is 345. The summed E-state index contributed by atoms with van der Waals surface area (Å²) in [7, 11) is 0. The highest BCUT2D eigenvalue weighted by atomic mass is 16.5. The second-order valence-corrected chi connectivity index (χ2v) is 3.81. The van der Waals surface area contributed by atoms with E-state index >= 15 is 0 Å². The minimum atomic E-state index is -0.558. The Morgan fingerprint density at radius 1 is 1.41 bits per heavy atom. The summed E-state index contributed by atoms with van der Waals surface area (Å²) in [6.07, 6.45) is 5.60. The first-order valence-electron chi connectivity index (χ1n) is 5.81. The van der Waals surface area contributed by atoms with Gasteiger partial charge in [0.05, 0.1) is 6.04 Å². The minimum absolute atomic E-state index is 0.0152. The molecule has 0 aliphatic heterocycles. The van der Waals surface area contributed by atoms with Crippen LogP contribution in [0.25, 0.3) is 0 Å². The highest BCUT2D eigenvalue weighted by molar-refractivity contribution is 5.20. The van der Waals surface area contributed by atoms with Crippen molar-refractivity contribution in [2.24, 2.45) is 0 Å². The third kappa shape index (κ3) is 5.39. The average Bonchev–Trinajstić information content (AvgIpc) is 2.39. The fraction of sp³-hybridized carbons (Fsp3) is 0.429. The third-order valence-electron chi connectivity index (χ3n) is 2.39. The second kappa shape index (κ2) is 7.72. The molecule has 1 rings (SSSR count). The highest BCUT2D eigenvalue weighted by Crippen LogP contribution is 2.08. The van der Waals surface area contributed by atoms with Gasteiger partial charge in [-0.05, 0) is 18.6 Å². The van der Waals surface area contributed by atoms with Gasteiger partial charge in [0.15, 0.2) is 0 Å². The Balaban J connectivity index is 2.22. The maximum absolute atomic E-state index is 9.69. The van der Waals surface area contributed by atoms with Gasteiger partial charge >= 0.3 is 0 Å². The summed E-state index contributed by atoms with van der Waals surface area (Å²) in [6, 6.07) is 9.44. The topological polar surface area (TPSA) is 41.5 Å². The normalized spacial score (nSPS) is 13.7. The van der Waals surface area contributed by atoms with E-state index in [-0.39, 0.29) is 12.6 Å². The number of rotatable bonds is 7. The van der Waals surface area contributed by atoms with E-state index in [9.17, 15) is 5.11 Å². The molecule has 1 aromatic carbocycles. The standard InChI is InChI=1S/C14H19NO2/c1-3-12(4-2)15-10-13(16)11-17-14-8-6-5-7-9-14/h1,5-9,12-13,15-16H,4,10-11H2,2H3. The van der Waals surface area contributed by atoms with Crippen molar-refractivity contribution in [1.82, 2.24) is 5.32 Å². The molecule has 0 fully saturated rings. The van der Waals surface area contributed by atoms with Crippen LogP contribution in [0, 0.1) is 12.3 Å². The quantitative estimate of drug-likeness (QED) is 0.700. The maximum atomic E-state index is 9.69. The van der Waals surface area contributed by atoms with E-state index in [4.69, 9.17) is 11.2 Å². The Labute approximate surface area is 103 Å². The van der Waals surface area contributed by atoms with E-state index < -0.39 is 6.10 Å². The maximum Gasteiger partial charge on any atom is 0.119 e. The molecule has 3 nitrogen and oxygen atoms in total. The Morgan fingerprint density at radius 3 is 2.71 bits per heavy atom. The van der Waals surface area contributed by atoms with Crippen molar-refractivity contribution in [2.45, 2.75) is 25.5 Å². The van der Waals surface area contributed by atoms with Gasteiger partial charge in [0.1, 0.15) is 18.5 Å². The predicted octanol–water partition coefficient (Wildman–Crippen LogP) is 1.43. The molecule has 0 heterocycles. The van der Waals surface area contributed by atoms with Crippen LogP contribution in [0.2, 0.25) is 0 Å². The summed E-state index contributed by atoms with van der Waals surface area (Å²) in [5.41, 5.74) is 0. The number of aliphatic hydroxyl groups excluding tert-OH is 1. The fourth-order valence-electron chi connectivity index (χ4n) is 1.37. The van der Waals surface area contributed by atoms with Gasteiger partial charge < -0.3 is 15.2 Å². The Morgan fingerprint density at radius 2 is 2.12 bits per heavy atom. The number of nitrogens with one attached hydrogen (secondary N) is 1. The number of para-hydroxylation sites is 1. The van der Waals surface area contributed by atoms with Crippen LogP contribution in [0.15, 0.2) is 30.3 Å². The number of hydrogen-bond acceptors (Lipinski definition) is 3. The lowest BCUT2D eigenvalue weighted by Crippen LogP contribution is -2.37. The molecule has 1 aromatic rings. The van der Waals surface area contributed by atoms with Gasteiger partial charge in [-0.25, -0.2) is 0 Å². The number of terminal acetylenes is 1. The van der Waals surface area contributed by atoms with Crippen LogP contribution in [-0.2, 0) is 0 Å². The first-order chi connectivity index (χ1) is 8.26. The van der Waals surface area contributed by atoms with Gasteiger partial charge in [0.25, 0.3) is 0 Å². The number of hydrogen-bond donors (Lipinski definition) is 2. The van der Waals surface area contributed by atoms with Crippen LogP contribution in [-0.4, -0.2) is 30.4 Å². The van der Waals surface area contributed by atoms with Gasteiger partial charge in [-0.3, -0.25) is 0 Å². The van der Waals surface area contributed by atoms with Crippen molar-refractivity contribution >= 4 is 0 Å². The van der Waals surface area contributed by atoms with Gasteiger partial charge in [-0.2, -0.15) is 0 Å². The monoisotopic (exact) mass is 233 g/mol. The predicted molar refractivity (Wildman–Crippen MR) is 68.9 cm³/mol. The molecule has 0 aliphatic carbocycles. The molecule has 2 atom stereocenters. The Kier molecular flexibility index (Phi) is 6.16. The molecule has 3 heteroatoms. The van der Waals surface area contributed by atoms with Crippen molar-refractivity contribution in [2.75, 3.05) is 13.2 Å². The molecule has 0 spiro atoms. The fourth-order valence-corrected chi connectivity index (χ4v) is 1.37. The first kappa shape index (κ1) is 13.6. The van der Waals surface area contributed by atoms with E-state index in [1.165, 1.54) is 0 Å². The molecule has 0 bridgehead atoms. The zero-order valence-corrected chi connectivity index (χ0v) is 10.1. The van der Waals surface area contributed by atoms with E-state index in [0.29, 0.717) is 6.54 Å². The lowest BCUT2D eigenvalue weighted by Gasteiger charge is -2.15. The van der Waals surface area contributed by atoms with Crippen LogP contribution in [0.3, 0.4) is 0 Å². The molecular formula is C14H19NO2. The molecule has 0 saturated carbocycles. The summed E-state index contributed by atoms with van der Waals surface area (Å²) in [5, 5.41) is 12.8.